The van der Waals surface area contributed by atoms with Crippen molar-refractivity contribution in [1.82, 2.24) is 16.0 Å². The molecule has 2 rings (SSSR count). The second-order valence-electron chi connectivity index (χ2n) is 7.96. The van der Waals surface area contributed by atoms with Gasteiger partial charge in [0.25, 0.3) is 5.91 Å². The molecule has 0 fully saturated rings. The van der Waals surface area contributed by atoms with E-state index < -0.39 is 48.2 Å². The van der Waals surface area contributed by atoms with Gasteiger partial charge in [0.15, 0.2) is 5.96 Å². The Morgan fingerprint density at radius 2 is 1.86 bits per heavy atom. The standard InChI is InChI=1S/C21H31N9O6/c22-16(31)9-14-19(34)28-12(2-1-6-27-20(23)24)10-36-15-4-3-11(29-21(25)35)8-13(15)18(33)26-7-5-17(32)30-14/h3-4,8,12,14H,1-2,5-7,9-10H2,(H2,22,31)(H,26,33)(H,28,34)(H,30,32)(H4,23,24,27)(H3,25,29,35)/t12?,14-/m0/s1. The maximum Gasteiger partial charge on any atom is 0.316 e. The van der Waals surface area contributed by atoms with E-state index in [1.165, 1.54) is 18.2 Å². The zero-order valence-electron chi connectivity index (χ0n) is 19.5. The Labute approximate surface area is 206 Å². The fourth-order valence-electron chi connectivity index (χ4n) is 3.35. The Hall–Kier alpha value is -4.56. The van der Waals surface area contributed by atoms with Gasteiger partial charge in [-0.05, 0) is 31.0 Å². The lowest BCUT2D eigenvalue weighted by atomic mass is 10.1. The molecule has 15 nitrogen and oxygen atoms in total. The summed E-state index contributed by atoms with van der Waals surface area (Å²) in [4.78, 5) is 64.6. The topological polar surface area (TPSA) is 259 Å². The van der Waals surface area contributed by atoms with Gasteiger partial charge in [0, 0.05) is 25.2 Å². The van der Waals surface area contributed by atoms with Crippen molar-refractivity contribution in [1.29, 1.82) is 0 Å². The van der Waals surface area contributed by atoms with E-state index in [4.69, 9.17) is 27.7 Å². The van der Waals surface area contributed by atoms with Crippen LogP contribution in [-0.4, -0.2) is 67.4 Å². The first-order valence-corrected chi connectivity index (χ1v) is 11.1. The number of rotatable bonds is 7. The average Bonchev–Trinajstić information content (AvgIpc) is 2.78. The fourth-order valence-corrected chi connectivity index (χ4v) is 3.35. The molecule has 1 aliphatic rings. The molecule has 0 radical (unpaired) electrons. The maximum absolute atomic E-state index is 12.9. The monoisotopic (exact) mass is 505 g/mol. The van der Waals surface area contributed by atoms with Crippen LogP contribution in [0.1, 0.15) is 36.0 Å². The number of carbonyl (C=O) groups excluding carboxylic acids is 5. The van der Waals surface area contributed by atoms with E-state index in [1.807, 2.05) is 0 Å². The quantitative estimate of drug-likeness (QED) is 0.112. The number of hydrogen-bond donors (Lipinski definition) is 8. The van der Waals surface area contributed by atoms with Crippen LogP contribution in [-0.2, 0) is 14.4 Å². The number of amides is 6. The van der Waals surface area contributed by atoms with Crippen LogP contribution in [0.15, 0.2) is 23.2 Å². The Morgan fingerprint density at radius 3 is 2.53 bits per heavy atom. The number of aliphatic imine (C=N–C) groups is 1. The minimum atomic E-state index is -1.21. The average molecular weight is 506 g/mol. The van der Waals surface area contributed by atoms with Crippen LogP contribution in [0.3, 0.4) is 0 Å². The van der Waals surface area contributed by atoms with Crippen LogP contribution in [0, 0.1) is 0 Å². The van der Waals surface area contributed by atoms with Gasteiger partial charge in [0.05, 0.1) is 18.0 Å². The first kappa shape index (κ1) is 27.7. The summed E-state index contributed by atoms with van der Waals surface area (Å²) in [6, 6.07) is 1.69. The van der Waals surface area contributed by atoms with Gasteiger partial charge in [0.1, 0.15) is 18.4 Å². The predicted octanol–water partition coefficient (Wildman–Crippen LogP) is -2.41. The van der Waals surface area contributed by atoms with Crippen LogP contribution in [0.5, 0.6) is 5.75 Å². The van der Waals surface area contributed by atoms with Crippen LogP contribution >= 0.6 is 0 Å². The molecule has 1 aromatic rings. The molecular weight excluding hydrogens is 474 g/mol. The number of hydrogen-bond acceptors (Lipinski definition) is 7. The highest BCUT2D eigenvalue weighted by atomic mass is 16.5. The van der Waals surface area contributed by atoms with E-state index in [0.29, 0.717) is 12.8 Å². The Balaban J connectivity index is 2.33. The highest BCUT2D eigenvalue weighted by molar-refractivity contribution is 5.99. The molecule has 6 amide bonds. The number of nitrogens with two attached hydrogens (primary N) is 4. The lowest BCUT2D eigenvalue weighted by molar-refractivity contribution is -0.131. The van der Waals surface area contributed by atoms with Crippen molar-refractivity contribution in [3.05, 3.63) is 23.8 Å². The Bertz CT molecular complexity index is 1030. The summed E-state index contributed by atoms with van der Waals surface area (Å²) in [5.41, 5.74) is 21.4. The number of ether oxygens (including phenoxy) is 1. The van der Waals surface area contributed by atoms with Crippen molar-refractivity contribution in [3.8, 4) is 5.75 Å². The van der Waals surface area contributed by atoms with E-state index >= 15 is 0 Å². The highest BCUT2D eigenvalue weighted by Crippen LogP contribution is 2.24. The normalized spacial score (nSPS) is 18.7. The summed E-state index contributed by atoms with van der Waals surface area (Å²) in [7, 11) is 0. The maximum atomic E-state index is 12.9. The van der Waals surface area contributed by atoms with Crippen molar-refractivity contribution in [2.75, 3.05) is 25.0 Å². The molecule has 0 aliphatic carbocycles. The van der Waals surface area contributed by atoms with Gasteiger partial charge in [-0.2, -0.15) is 0 Å². The van der Waals surface area contributed by atoms with Crippen LogP contribution < -0.4 is 48.9 Å². The van der Waals surface area contributed by atoms with E-state index in [0.717, 1.165) is 0 Å². The van der Waals surface area contributed by atoms with Gasteiger partial charge in [-0.1, -0.05) is 0 Å². The molecule has 0 saturated heterocycles. The second kappa shape index (κ2) is 13.4. The Kier molecular flexibility index (Phi) is 10.3. The van der Waals surface area contributed by atoms with Gasteiger partial charge in [-0.15, -0.1) is 0 Å². The first-order chi connectivity index (χ1) is 17.0. The molecule has 1 unspecified atom stereocenters. The number of urea groups is 1. The van der Waals surface area contributed by atoms with Gasteiger partial charge in [0.2, 0.25) is 17.7 Å². The molecule has 12 N–H and O–H groups in total. The summed E-state index contributed by atoms with van der Waals surface area (Å²) in [5.74, 6) is -2.45. The third-order valence-electron chi connectivity index (χ3n) is 4.98. The van der Waals surface area contributed by atoms with Gasteiger partial charge in [-0.3, -0.25) is 24.2 Å². The minimum Gasteiger partial charge on any atom is -0.491 e. The lowest BCUT2D eigenvalue weighted by Crippen LogP contribution is -2.52. The summed E-state index contributed by atoms with van der Waals surface area (Å²) >= 11 is 0. The van der Waals surface area contributed by atoms with Crippen molar-refractivity contribution in [2.24, 2.45) is 27.9 Å². The fraction of sp³-hybridized carbons (Fsp3) is 0.429. The number of guanidine groups is 1. The van der Waals surface area contributed by atoms with Crippen molar-refractivity contribution in [3.63, 3.8) is 0 Å². The molecular formula is C21H31N9O6. The third-order valence-corrected chi connectivity index (χ3v) is 4.98. The number of nitrogens with zero attached hydrogens (tertiary/aromatic N) is 1. The van der Waals surface area contributed by atoms with Crippen molar-refractivity contribution < 1.29 is 28.7 Å². The minimum absolute atomic E-state index is 0.0735. The Morgan fingerprint density at radius 1 is 1.11 bits per heavy atom. The summed E-state index contributed by atoms with van der Waals surface area (Å²) in [5, 5.41) is 10.2. The SMILES string of the molecule is NC(=O)C[C@@H]1NC(=O)CCNC(=O)c2cc(NC(N)=O)ccc2OCC(CCCN=C(N)N)NC1=O. The van der Waals surface area contributed by atoms with Crippen molar-refractivity contribution in [2.45, 2.75) is 37.8 Å². The molecule has 36 heavy (non-hydrogen) atoms. The molecule has 0 aromatic heterocycles. The van der Waals surface area contributed by atoms with Gasteiger partial charge >= 0.3 is 6.03 Å². The number of fused-ring (bicyclic) bond motifs is 1. The number of carbonyl (C=O) groups is 5. The zero-order chi connectivity index (χ0) is 26.7. The van der Waals surface area contributed by atoms with E-state index in [9.17, 15) is 24.0 Å². The van der Waals surface area contributed by atoms with Gasteiger partial charge in [-0.25, -0.2) is 4.79 Å². The molecule has 1 aromatic carbocycles. The van der Waals surface area contributed by atoms with Crippen LogP contribution in [0.2, 0.25) is 0 Å². The number of primary amides is 2. The number of nitrogens with one attached hydrogen (secondary N) is 4. The van der Waals surface area contributed by atoms with Crippen molar-refractivity contribution >= 4 is 41.3 Å². The number of benzene rings is 1. The summed E-state index contributed by atoms with van der Waals surface area (Å²) in [6.45, 7) is 0.140. The molecule has 196 valence electrons. The molecule has 2 atom stereocenters. The third kappa shape index (κ3) is 9.36. The molecule has 1 aliphatic heterocycles. The summed E-state index contributed by atoms with van der Waals surface area (Å²) in [6.07, 6.45) is 0.242. The smallest absolute Gasteiger partial charge is 0.316 e. The predicted molar refractivity (Wildman–Crippen MR) is 130 cm³/mol. The zero-order valence-corrected chi connectivity index (χ0v) is 19.5. The molecule has 15 heteroatoms. The molecule has 0 bridgehead atoms. The highest BCUT2D eigenvalue weighted by Gasteiger charge is 2.26. The van der Waals surface area contributed by atoms with E-state index in [2.05, 4.69) is 26.3 Å². The van der Waals surface area contributed by atoms with Crippen LogP contribution in [0.4, 0.5) is 10.5 Å². The van der Waals surface area contributed by atoms with Crippen LogP contribution in [0.25, 0.3) is 0 Å². The largest absolute Gasteiger partial charge is 0.491 e. The van der Waals surface area contributed by atoms with E-state index in [1.54, 1.807) is 0 Å². The van der Waals surface area contributed by atoms with E-state index in [-0.39, 0.29) is 49.1 Å². The molecule has 0 spiro atoms. The molecule has 1 heterocycles. The summed E-state index contributed by atoms with van der Waals surface area (Å²) < 4.78 is 5.86. The first-order valence-electron chi connectivity index (χ1n) is 11.1. The lowest BCUT2D eigenvalue weighted by Gasteiger charge is -2.24. The molecule has 0 saturated carbocycles. The van der Waals surface area contributed by atoms with Gasteiger partial charge < -0.3 is 48.9 Å². The second-order valence-corrected chi connectivity index (χ2v) is 7.96. The number of anilines is 1.